The summed E-state index contributed by atoms with van der Waals surface area (Å²) in [5, 5.41) is 0. The van der Waals surface area contributed by atoms with Crippen molar-refractivity contribution >= 4 is 0 Å². The minimum atomic E-state index is 0.702. The van der Waals surface area contributed by atoms with Gasteiger partial charge >= 0.3 is 0 Å². The normalized spacial score (nSPS) is 10.9. The molecule has 0 fully saturated rings. The van der Waals surface area contributed by atoms with Crippen LogP contribution in [0.25, 0.3) is 0 Å². The van der Waals surface area contributed by atoms with Crippen LogP contribution < -0.4 is 16.0 Å². The van der Waals surface area contributed by atoms with Crippen LogP contribution in [-0.4, -0.2) is 32.3 Å². The number of hydrazine groups is 1. The van der Waals surface area contributed by atoms with Crippen LogP contribution >= 0.6 is 0 Å². The number of ether oxygens (including phenoxy) is 1. The maximum absolute atomic E-state index is 5.36. The van der Waals surface area contributed by atoms with Crippen LogP contribution in [0.5, 0.6) is 5.75 Å². The average molecular weight is 237 g/mol. The van der Waals surface area contributed by atoms with Gasteiger partial charge in [-0.05, 0) is 44.0 Å². The van der Waals surface area contributed by atoms with Crippen LogP contribution in [0, 0.1) is 13.8 Å². The molecule has 1 rings (SSSR count). The third-order valence-corrected chi connectivity index (χ3v) is 2.87. The quantitative estimate of drug-likeness (QED) is 0.443. The van der Waals surface area contributed by atoms with Gasteiger partial charge in [0.25, 0.3) is 0 Å². The molecule has 0 spiro atoms. The molecule has 0 aliphatic heterocycles. The lowest BCUT2D eigenvalue weighted by atomic mass is 10.0. The van der Waals surface area contributed by atoms with Crippen molar-refractivity contribution in [3.63, 3.8) is 0 Å². The first-order chi connectivity index (χ1) is 8.08. The van der Waals surface area contributed by atoms with Gasteiger partial charge in [-0.25, -0.2) is 5.43 Å². The maximum atomic E-state index is 5.36. The highest BCUT2D eigenvalue weighted by Crippen LogP contribution is 2.24. The molecule has 0 heterocycles. The van der Waals surface area contributed by atoms with E-state index in [4.69, 9.17) is 10.6 Å². The minimum absolute atomic E-state index is 0.702. The molecule has 3 N–H and O–H groups in total. The second-order valence-corrected chi connectivity index (χ2v) is 4.45. The molecule has 17 heavy (non-hydrogen) atoms. The highest BCUT2D eigenvalue weighted by molar-refractivity contribution is 5.43. The molecular weight excluding hydrogens is 214 g/mol. The van der Waals surface area contributed by atoms with Gasteiger partial charge in [-0.2, -0.15) is 0 Å². The largest absolute Gasteiger partial charge is 0.496 e. The fourth-order valence-corrected chi connectivity index (χ4v) is 2.06. The van der Waals surface area contributed by atoms with Crippen LogP contribution in [0.3, 0.4) is 0 Å². The van der Waals surface area contributed by atoms with Crippen molar-refractivity contribution < 1.29 is 4.74 Å². The Balaban J connectivity index is 2.67. The van der Waals surface area contributed by atoms with Crippen molar-refractivity contribution in [1.82, 2.24) is 10.3 Å². The molecule has 0 amide bonds. The number of nitrogens with two attached hydrogens (primary N) is 1. The fraction of sp³-hybridized carbons (Fsp3) is 0.538. The van der Waals surface area contributed by atoms with Crippen molar-refractivity contribution in [1.29, 1.82) is 0 Å². The molecule has 1 aromatic rings. The van der Waals surface area contributed by atoms with E-state index < -0.39 is 0 Å². The summed E-state index contributed by atoms with van der Waals surface area (Å²) < 4.78 is 5.36. The van der Waals surface area contributed by atoms with E-state index in [0.29, 0.717) is 6.67 Å². The van der Waals surface area contributed by atoms with Gasteiger partial charge in [-0.15, -0.1) is 0 Å². The number of rotatable bonds is 6. The second-order valence-electron chi connectivity index (χ2n) is 4.45. The Labute approximate surface area is 104 Å². The molecule has 96 valence electrons. The number of likely N-dealkylation sites (N-methyl/N-ethyl adjacent to an activating group) is 1. The SMILES string of the molecule is COc1c(C)cc(CCN(C)CNN)cc1C. The van der Waals surface area contributed by atoms with E-state index in [1.807, 2.05) is 7.05 Å². The fourth-order valence-electron chi connectivity index (χ4n) is 2.06. The lowest BCUT2D eigenvalue weighted by Crippen LogP contribution is -2.36. The molecule has 0 bridgehead atoms. The average Bonchev–Trinajstić information content (AvgIpc) is 2.26. The van der Waals surface area contributed by atoms with Crippen molar-refractivity contribution in [2.24, 2.45) is 5.84 Å². The second kappa shape index (κ2) is 6.59. The summed E-state index contributed by atoms with van der Waals surface area (Å²) in [5.41, 5.74) is 6.38. The third-order valence-electron chi connectivity index (χ3n) is 2.87. The first kappa shape index (κ1) is 14.0. The molecule has 4 heteroatoms. The molecule has 0 aliphatic rings. The van der Waals surface area contributed by atoms with Gasteiger partial charge in [0.1, 0.15) is 5.75 Å². The highest BCUT2D eigenvalue weighted by atomic mass is 16.5. The van der Waals surface area contributed by atoms with Crippen LogP contribution in [0.4, 0.5) is 0 Å². The zero-order chi connectivity index (χ0) is 12.8. The topological polar surface area (TPSA) is 50.5 Å². The van der Waals surface area contributed by atoms with Crippen molar-refractivity contribution in [2.45, 2.75) is 20.3 Å². The number of methoxy groups -OCH3 is 1. The van der Waals surface area contributed by atoms with Crippen LogP contribution in [0.1, 0.15) is 16.7 Å². The van der Waals surface area contributed by atoms with Crippen molar-refractivity contribution in [2.75, 3.05) is 27.4 Å². The molecule has 0 atom stereocenters. The minimum Gasteiger partial charge on any atom is -0.496 e. The Bertz CT molecular complexity index is 343. The predicted molar refractivity (Wildman–Crippen MR) is 71.0 cm³/mol. The highest BCUT2D eigenvalue weighted by Gasteiger charge is 2.06. The van der Waals surface area contributed by atoms with E-state index in [0.717, 1.165) is 18.7 Å². The Morgan fingerprint density at radius 1 is 1.29 bits per heavy atom. The molecule has 4 nitrogen and oxygen atoms in total. The summed E-state index contributed by atoms with van der Waals surface area (Å²) >= 11 is 0. The molecule has 0 saturated heterocycles. The van der Waals surface area contributed by atoms with E-state index in [2.05, 4.69) is 36.3 Å². The first-order valence-corrected chi connectivity index (χ1v) is 5.84. The van der Waals surface area contributed by atoms with Crippen LogP contribution in [-0.2, 0) is 6.42 Å². The number of benzene rings is 1. The van der Waals surface area contributed by atoms with Crippen LogP contribution in [0.15, 0.2) is 12.1 Å². The summed E-state index contributed by atoms with van der Waals surface area (Å²) in [6.45, 7) is 5.85. The summed E-state index contributed by atoms with van der Waals surface area (Å²) in [6, 6.07) is 4.38. The monoisotopic (exact) mass is 237 g/mol. The summed E-state index contributed by atoms with van der Waals surface area (Å²) in [7, 11) is 3.76. The first-order valence-electron chi connectivity index (χ1n) is 5.84. The number of hydrogen-bond donors (Lipinski definition) is 2. The Morgan fingerprint density at radius 3 is 2.35 bits per heavy atom. The summed E-state index contributed by atoms with van der Waals surface area (Å²) in [6.07, 6.45) is 1.02. The molecule has 0 aromatic heterocycles. The van der Waals surface area contributed by atoms with E-state index in [1.165, 1.54) is 16.7 Å². The molecule has 0 aliphatic carbocycles. The van der Waals surface area contributed by atoms with Crippen molar-refractivity contribution in [3.05, 3.63) is 28.8 Å². The summed E-state index contributed by atoms with van der Waals surface area (Å²) in [4.78, 5) is 2.15. The zero-order valence-corrected chi connectivity index (χ0v) is 11.2. The van der Waals surface area contributed by atoms with E-state index in [9.17, 15) is 0 Å². The molecule has 1 aromatic carbocycles. The number of nitrogens with one attached hydrogen (secondary N) is 1. The van der Waals surface area contributed by atoms with Gasteiger partial charge in [0.05, 0.1) is 13.8 Å². The number of nitrogens with zero attached hydrogens (tertiary/aromatic N) is 1. The van der Waals surface area contributed by atoms with Gasteiger partial charge in [-0.3, -0.25) is 10.7 Å². The third kappa shape index (κ3) is 4.00. The van der Waals surface area contributed by atoms with Gasteiger partial charge < -0.3 is 4.74 Å². The number of hydrogen-bond acceptors (Lipinski definition) is 4. The Kier molecular flexibility index (Phi) is 5.41. The Morgan fingerprint density at radius 2 is 1.88 bits per heavy atom. The van der Waals surface area contributed by atoms with Gasteiger partial charge in [0, 0.05) is 6.54 Å². The maximum Gasteiger partial charge on any atom is 0.124 e. The molecular formula is C13H23N3O. The smallest absolute Gasteiger partial charge is 0.124 e. The lowest BCUT2D eigenvalue weighted by molar-refractivity contribution is 0.312. The Hall–Kier alpha value is -1.10. The molecule has 0 unspecified atom stereocenters. The summed E-state index contributed by atoms with van der Waals surface area (Å²) in [5.74, 6) is 6.27. The van der Waals surface area contributed by atoms with Crippen molar-refractivity contribution in [3.8, 4) is 5.75 Å². The van der Waals surface area contributed by atoms with E-state index in [1.54, 1.807) is 7.11 Å². The lowest BCUT2D eigenvalue weighted by Gasteiger charge is -2.16. The molecule has 0 radical (unpaired) electrons. The standard InChI is InChI=1S/C13H23N3O/c1-10-7-12(5-6-16(3)9-15-14)8-11(2)13(10)17-4/h7-8,15H,5-6,9,14H2,1-4H3. The van der Waals surface area contributed by atoms with Gasteiger partial charge in [-0.1, -0.05) is 12.1 Å². The van der Waals surface area contributed by atoms with E-state index in [-0.39, 0.29) is 0 Å². The predicted octanol–water partition coefficient (Wildman–Crippen LogP) is 1.21. The van der Waals surface area contributed by atoms with Gasteiger partial charge in [0.2, 0.25) is 0 Å². The molecule has 0 saturated carbocycles. The zero-order valence-electron chi connectivity index (χ0n) is 11.2. The number of aryl methyl sites for hydroxylation is 2. The van der Waals surface area contributed by atoms with Crippen LogP contribution in [0.2, 0.25) is 0 Å². The van der Waals surface area contributed by atoms with Gasteiger partial charge in [0.15, 0.2) is 0 Å². The van der Waals surface area contributed by atoms with E-state index >= 15 is 0 Å².